The van der Waals surface area contributed by atoms with Crippen molar-refractivity contribution < 1.29 is 9.59 Å². The summed E-state index contributed by atoms with van der Waals surface area (Å²) in [5, 5.41) is 4.90. The molecule has 82 valence electrons. The van der Waals surface area contributed by atoms with Crippen molar-refractivity contribution in [2.24, 2.45) is 5.10 Å². The summed E-state index contributed by atoms with van der Waals surface area (Å²) >= 11 is 0. The Kier molecular flexibility index (Phi) is 12.9. The highest BCUT2D eigenvalue weighted by Gasteiger charge is 2.13. The zero-order valence-electron chi connectivity index (χ0n) is 9.49. The SMILES string of the molecule is CC.CC.O=CCN1N=CCCC1=O. The van der Waals surface area contributed by atoms with Gasteiger partial charge in [0.15, 0.2) is 0 Å². The van der Waals surface area contributed by atoms with Crippen molar-refractivity contribution in [1.82, 2.24) is 5.01 Å². The van der Waals surface area contributed by atoms with Crippen LogP contribution in [0, 0.1) is 0 Å². The highest BCUT2D eigenvalue weighted by molar-refractivity contribution is 5.83. The number of hydrazone groups is 1. The first-order valence-corrected chi connectivity index (χ1v) is 5.11. The van der Waals surface area contributed by atoms with Crippen LogP contribution in [0.3, 0.4) is 0 Å². The van der Waals surface area contributed by atoms with E-state index in [4.69, 9.17) is 0 Å². The van der Waals surface area contributed by atoms with Crippen molar-refractivity contribution in [2.45, 2.75) is 40.5 Å². The second-order valence-electron chi connectivity index (χ2n) is 1.98. The van der Waals surface area contributed by atoms with E-state index in [0.29, 0.717) is 19.1 Å². The lowest BCUT2D eigenvalue weighted by Crippen LogP contribution is -2.30. The van der Waals surface area contributed by atoms with Gasteiger partial charge >= 0.3 is 0 Å². The molecule has 0 aliphatic carbocycles. The first-order chi connectivity index (χ1) is 6.84. The molecular weight excluding hydrogens is 180 g/mol. The Morgan fingerprint density at radius 1 is 1.43 bits per heavy atom. The number of nitrogens with zero attached hydrogens (tertiary/aromatic N) is 2. The van der Waals surface area contributed by atoms with Crippen LogP contribution in [0.4, 0.5) is 0 Å². The third-order valence-corrected chi connectivity index (χ3v) is 1.24. The fourth-order valence-electron chi connectivity index (χ4n) is 0.757. The van der Waals surface area contributed by atoms with Gasteiger partial charge in [-0.2, -0.15) is 5.10 Å². The van der Waals surface area contributed by atoms with Crippen molar-refractivity contribution in [3.05, 3.63) is 0 Å². The number of hydrogen-bond donors (Lipinski definition) is 0. The third kappa shape index (κ3) is 6.34. The Morgan fingerprint density at radius 3 is 2.43 bits per heavy atom. The zero-order valence-corrected chi connectivity index (χ0v) is 9.49. The van der Waals surface area contributed by atoms with Gasteiger partial charge in [-0.15, -0.1) is 0 Å². The lowest BCUT2D eigenvalue weighted by molar-refractivity contribution is -0.133. The molecule has 0 radical (unpaired) electrons. The van der Waals surface area contributed by atoms with E-state index in [9.17, 15) is 9.59 Å². The Labute approximate surface area is 86.0 Å². The van der Waals surface area contributed by atoms with Gasteiger partial charge in [0.1, 0.15) is 12.8 Å². The van der Waals surface area contributed by atoms with Crippen LogP contribution in [0.25, 0.3) is 0 Å². The highest BCUT2D eigenvalue weighted by Crippen LogP contribution is 2.01. The van der Waals surface area contributed by atoms with Gasteiger partial charge in [-0.1, -0.05) is 27.7 Å². The van der Waals surface area contributed by atoms with Crippen LogP contribution in [0.5, 0.6) is 0 Å². The molecule has 0 saturated heterocycles. The molecular formula is C10H20N2O2. The quantitative estimate of drug-likeness (QED) is 0.639. The van der Waals surface area contributed by atoms with E-state index in [0.717, 1.165) is 0 Å². The normalized spacial score (nSPS) is 13.4. The molecule has 0 N–H and O–H groups in total. The molecule has 1 heterocycles. The smallest absolute Gasteiger partial charge is 0.243 e. The molecule has 0 aromatic rings. The number of aldehydes is 1. The minimum Gasteiger partial charge on any atom is -0.301 e. The number of rotatable bonds is 2. The molecule has 4 heteroatoms. The summed E-state index contributed by atoms with van der Waals surface area (Å²) in [7, 11) is 0. The monoisotopic (exact) mass is 200 g/mol. The van der Waals surface area contributed by atoms with Crippen LogP contribution in [0.1, 0.15) is 40.5 Å². The number of carbonyl (C=O) groups is 2. The van der Waals surface area contributed by atoms with Crippen molar-refractivity contribution >= 4 is 18.4 Å². The molecule has 1 aliphatic heterocycles. The van der Waals surface area contributed by atoms with Crippen molar-refractivity contribution in [1.29, 1.82) is 0 Å². The number of carbonyl (C=O) groups excluding carboxylic acids is 2. The Balaban J connectivity index is 0. The topological polar surface area (TPSA) is 49.7 Å². The van der Waals surface area contributed by atoms with Crippen molar-refractivity contribution in [3.8, 4) is 0 Å². The average Bonchev–Trinajstić information content (AvgIpc) is 2.28. The van der Waals surface area contributed by atoms with E-state index in [1.807, 2.05) is 27.7 Å². The van der Waals surface area contributed by atoms with Crippen LogP contribution in [0.15, 0.2) is 5.10 Å². The van der Waals surface area contributed by atoms with Gasteiger partial charge in [0.25, 0.3) is 0 Å². The molecule has 0 saturated carbocycles. The molecule has 14 heavy (non-hydrogen) atoms. The minimum absolute atomic E-state index is 0.0744. The molecule has 0 atom stereocenters. The molecule has 0 spiro atoms. The minimum atomic E-state index is -0.0744. The van der Waals surface area contributed by atoms with Gasteiger partial charge in [0.2, 0.25) is 5.91 Å². The van der Waals surface area contributed by atoms with Gasteiger partial charge in [0.05, 0.1) is 0 Å². The molecule has 4 nitrogen and oxygen atoms in total. The summed E-state index contributed by atoms with van der Waals surface area (Å²) in [6, 6.07) is 0. The molecule has 1 rings (SSSR count). The molecule has 0 bridgehead atoms. The van der Waals surface area contributed by atoms with Crippen molar-refractivity contribution in [3.63, 3.8) is 0 Å². The summed E-state index contributed by atoms with van der Waals surface area (Å²) in [5.41, 5.74) is 0. The van der Waals surface area contributed by atoms with Crippen LogP contribution in [-0.2, 0) is 9.59 Å². The van der Waals surface area contributed by atoms with Gasteiger partial charge in [-0.3, -0.25) is 4.79 Å². The Bertz CT molecular complexity index is 179. The fourth-order valence-corrected chi connectivity index (χ4v) is 0.757. The summed E-state index contributed by atoms with van der Waals surface area (Å²) in [6.07, 6.45) is 3.47. The van der Waals surface area contributed by atoms with E-state index in [1.165, 1.54) is 5.01 Å². The first kappa shape index (κ1) is 15.3. The van der Waals surface area contributed by atoms with Gasteiger partial charge in [-0.05, 0) is 6.42 Å². The summed E-state index contributed by atoms with van der Waals surface area (Å²) in [6.45, 7) is 8.08. The van der Waals surface area contributed by atoms with E-state index >= 15 is 0 Å². The zero-order chi connectivity index (χ0) is 11.4. The van der Waals surface area contributed by atoms with E-state index in [-0.39, 0.29) is 12.5 Å². The fraction of sp³-hybridized carbons (Fsp3) is 0.700. The predicted molar refractivity (Wildman–Crippen MR) is 58.2 cm³/mol. The lowest BCUT2D eigenvalue weighted by atomic mass is 10.3. The predicted octanol–water partition coefficient (Wildman–Crippen LogP) is 1.85. The molecule has 0 fully saturated rings. The first-order valence-electron chi connectivity index (χ1n) is 5.11. The van der Waals surface area contributed by atoms with Gasteiger partial charge < -0.3 is 4.79 Å². The summed E-state index contributed by atoms with van der Waals surface area (Å²) in [5.74, 6) is -0.0744. The molecule has 0 aromatic carbocycles. The Morgan fingerprint density at radius 2 is 2.00 bits per heavy atom. The third-order valence-electron chi connectivity index (χ3n) is 1.24. The molecule has 0 unspecified atom stereocenters. The van der Waals surface area contributed by atoms with Crippen molar-refractivity contribution in [2.75, 3.05) is 6.54 Å². The van der Waals surface area contributed by atoms with Crippen LogP contribution < -0.4 is 0 Å². The summed E-state index contributed by atoms with van der Waals surface area (Å²) < 4.78 is 0. The van der Waals surface area contributed by atoms with E-state index < -0.39 is 0 Å². The second kappa shape index (κ2) is 11.8. The Hall–Kier alpha value is -1.19. The van der Waals surface area contributed by atoms with Gasteiger partial charge in [-0.25, -0.2) is 5.01 Å². The van der Waals surface area contributed by atoms with Crippen LogP contribution in [0.2, 0.25) is 0 Å². The number of amides is 1. The van der Waals surface area contributed by atoms with Gasteiger partial charge in [0, 0.05) is 12.6 Å². The standard InChI is InChI=1S/C6H8N2O2.2C2H6/c9-5-4-8-6(10)2-1-3-7-8;2*1-2/h3,5H,1-2,4H2;2*1-2H3. The highest BCUT2D eigenvalue weighted by atomic mass is 16.2. The number of hydrogen-bond acceptors (Lipinski definition) is 3. The molecule has 1 aliphatic rings. The second-order valence-corrected chi connectivity index (χ2v) is 1.98. The lowest BCUT2D eigenvalue weighted by Gasteiger charge is -2.16. The summed E-state index contributed by atoms with van der Waals surface area (Å²) in [4.78, 5) is 20.8. The average molecular weight is 200 g/mol. The van der Waals surface area contributed by atoms with E-state index in [1.54, 1.807) is 6.21 Å². The molecule has 1 amide bonds. The van der Waals surface area contributed by atoms with Crippen LogP contribution in [-0.4, -0.2) is 30.0 Å². The molecule has 0 aromatic heterocycles. The van der Waals surface area contributed by atoms with Crippen LogP contribution >= 0.6 is 0 Å². The maximum Gasteiger partial charge on any atom is 0.243 e. The largest absolute Gasteiger partial charge is 0.301 e. The maximum absolute atomic E-state index is 10.8. The van der Waals surface area contributed by atoms with E-state index in [2.05, 4.69) is 5.10 Å². The maximum atomic E-state index is 10.8.